The molecule has 36 heavy (non-hydrogen) atoms. The summed E-state index contributed by atoms with van der Waals surface area (Å²) in [5.74, 6) is 1.00. The highest BCUT2D eigenvalue weighted by molar-refractivity contribution is 6.30. The first kappa shape index (κ1) is 25.2. The number of nitrogens with zero attached hydrogens (tertiary/aromatic N) is 3. The van der Waals surface area contributed by atoms with Crippen molar-refractivity contribution in [2.24, 2.45) is 0 Å². The van der Waals surface area contributed by atoms with Gasteiger partial charge >= 0.3 is 5.69 Å². The summed E-state index contributed by atoms with van der Waals surface area (Å²) in [7, 11) is 3.62. The van der Waals surface area contributed by atoms with E-state index in [9.17, 15) is 10.1 Å². The van der Waals surface area contributed by atoms with Gasteiger partial charge in [-0.25, -0.2) is 4.98 Å². The lowest BCUT2D eigenvalue weighted by Gasteiger charge is -2.18. The minimum atomic E-state index is -0.470. The van der Waals surface area contributed by atoms with E-state index < -0.39 is 4.92 Å². The third-order valence-corrected chi connectivity index (χ3v) is 5.90. The Bertz CT molecular complexity index is 1350. The van der Waals surface area contributed by atoms with Crippen molar-refractivity contribution < 1.29 is 14.4 Å². The van der Waals surface area contributed by atoms with E-state index in [4.69, 9.17) is 21.1 Å². The van der Waals surface area contributed by atoms with Gasteiger partial charge in [0.1, 0.15) is 11.9 Å². The number of aromatic nitrogens is 1. The molecule has 0 aliphatic carbocycles. The number of anilines is 2. The number of nitro groups is 1. The Balaban J connectivity index is 1.51. The van der Waals surface area contributed by atoms with E-state index in [1.54, 1.807) is 36.4 Å². The molecule has 8 nitrogen and oxygen atoms in total. The fourth-order valence-corrected chi connectivity index (χ4v) is 4.12. The van der Waals surface area contributed by atoms with Crippen LogP contribution in [-0.4, -0.2) is 42.1 Å². The van der Waals surface area contributed by atoms with Crippen molar-refractivity contribution in [2.45, 2.75) is 13.0 Å². The molecule has 3 aromatic carbocycles. The molecule has 0 aliphatic heterocycles. The molecule has 0 atom stereocenters. The van der Waals surface area contributed by atoms with E-state index in [2.05, 4.69) is 34.4 Å². The van der Waals surface area contributed by atoms with Crippen LogP contribution in [0.4, 0.5) is 17.1 Å². The third kappa shape index (κ3) is 6.21. The predicted octanol–water partition coefficient (Wildman–Crippen LogP) is 6.45. The maximum Gasteiger partial charge on any atom is 0.311 e. The molecule has 0 saturated carbocycles. The molecular formula is C27H27ClN4O4. The molecule has 0 spiro atoms. The second-order valence-electron chi connectivity index (χ2n) is 8.36. The summed E-state index contributed by atoms with van der Waals surface area (Å²) in [6.45, 7) is 2.22. The first-order valence-electron chi connectivity index (χ1n) is 11.5. The molecule has 4 rings (SSSR count). The number of methoxy groups -OCH3 is 1. The molecule has 0 amide bonds. The van der Waals surface area contributed by atoms with Gasteiger partial charge in [0.2, 0.25) is 0 Å². The summed E-state index contributed by atoms with van der Waals surface area (Å²) in [5.41, 5.74) is 2.58. The van der Waals surface area contributed by atoms with Crippen LogP contribution < -0.4 is 14.8 Å². The molecular weight excluding hydrogens is 480 g/mol. The number of pyridine rings is 1. The monoisotopic (exact) mass is 506 g/mol. The summed E-state index contributed by atoms with van der Waals surface area (Å²) < 4.78 is 11.6. The molecule has 0 bridgehead atoms. The highest BCUT2D eigenvalue weighted by Gasteiger charge is 2.21. The molecule has 9 heteroatoms. The van der Waals surface area contributed by atoms with E-state index >= 15 is 0 Å². The number of ether oxygens (including phenoxy) is 2. The lowest BCUT2D eigenvalue weighted by molar-refractivity contribution is -0.384. The minimum absolute atomic E-state index is 0.153. The summed E-state index contributed by atoms with van der Waals surface area (Å²) in [4.78, 5) is 17.8. The average molecular weight is 507 g/mol. The van der Waals surface area contributed by atoms with Gasteiger partial charge in [0.25, 0.3) is 0 Å². The van der Waals surface area contributed by atoms with E-state index in [-0.39, 0.29) is 5.69 Å². The molecule has 1 N–H and O–H groups in total. The standard InChI is InChI=1S/C27H27ClN4O4/c1-31(18-19-8-4-3-5-9-19)12-7-13-36-26-16-23-22(15-25(26)35-2)27(24(17-29-23)32(33)34)30-21-11-6-10-20(28)14-21/h3-6,8-11,14-17H,7,12-13,18H2,1-2H3,(H,29,30). The summed E-state index contributed by atoms with van der Waals surface area (Å²) in [5, 5.41) is 15.9. The van der Waals surface area contributed by atoms with Crippen LogP contribution in [0, 0.1) is 10.1 Å². The van der Waals surface area contributed by atoms with E-state index in [0.29, 0.717) is 45.4 Å². The van der Waals surface area contributed by atoms with Gasteiger partial charge in [-0.05, 0) is 43.3 Å². The van der Waals surface area contributed by atoms with E-state index in [1.165, 1.54) is 18.9 Å². The second-order valence-corrected chi connectivity index (χ2v) is 8.79. The van der Waals surface area contributed by atoms with Gasteiger partial charge < -0.3 is 19.7 Å². The van der Waals surface area contributed by atoms with Crippen LogP contribution in [0.25, 0.3) is 10.9 Å². The summed E-state index contributed by atoms with van der Waals surface area (Å²) >= 11 is 6.09. The van der Waals surface area contributed by atoms with Crippen molar-refractivity contribution in [3.05, 3.63) is 93.6 Å². The highest BCUT2D eigenvalue weighted by Crippen LogP contribution is 2.40. The molecule has 0 radical (unpaired) electrons. The normalized spacial score (nSPS) is 11.0. The maximum absolute atomic E-state index is 11.7. The molecule has 1 heterocycles. The number of hydrogen-bond donors (Lipinski definition) is 1. The molecule has 186 valence electrons. The van der Waals surface area contributed by atoms with Gasteiger partial charge in [0.15, 0.2) is 11.5 Å². The Morgan fingerprint density at radius 1 is 1.08 bits per heavy atom. The zero-order valence-electron chi connectivity index (χ0n) is 20.1. The predicted molar refractivity (Wildman–Crippen MR) is 143 cm³/mol. The van der Waals surface area contributed by atoms with Crippen LogP contribution in [0.5, 0.6) is 11.5 Å². The minimum Gasteiger partial charge on any atom is -0.493 e. The quantitative estimate of drug-likeness (QED) is 0.142. The molecule has 0 aliphatic rings. The zero-order valence-corrected chi connectivity index (χ0v) is 20.9. The van der Waals surface area contributed by atoms with E-state index in [0.717, 1.165) is 19.5 Å². The Kier molecular flexibility index (Phi) is 8.20. The Morgan fingerprint density at radius 3 is 2.61 bits per heavy atom. The van der Waals surface area contributed by atoms with Gasteiger partial charge in [0.05, 0.1) is 24.2 Å². The fraction of sp³-hybridized carbons (Fsp3) is 0.222. The Labute approximate surface area is 214 Å². The van der Waals surface area contributed by atoms with Crippen molar-refractivity contribution in [1.82, 2.24) is 9.88 Å². The number of fused-ring (bicyclic) bond motifs is 1. The van der Waals surface area contributed by atoms with Crippen LogP contribution >= 0.6 is 11.6 Å². The third-order valence-electron chi connectivity index (χ3n) is 5.66. The molecule has 0 fully saturated rings. The van der Waals surface area contributed by atoms with Crippen molar-refractivity contribution in [3.63, 3.8) is 0 Å². The van der Waals surface area contributed by atoms with Gasteiger partial charge in [0, 0.05) is 35.3 Å². The topological polar surface area (TPSA) is 89.8 Å². The molecule has 0 saturated heterocycles. The largest absolute Gasteiger partial charge is 0.493 e. The van der Waals surface area contributed by atoms with Gasteiger partial charge in [-0.3, -0.25) is 10.1 Å². The number of rotatable bonds is 11. The van der Waals surface area contributed by atoms with Crippen molar-refractivity contribution in [2.75, 3.05) is 32.6 Å². The SMILES string of the molecule is COc1cc2c(Nc3cccc(Cl)c3)c([N+](=O)[O-])cnc2cc1OCCCN(C)Cc1ccccc1. The van der Waals surface area contributed by atoms with Crippen molar-refractivity contribution in [1.29, 1.82) is 0 Å². The zero-order chi connectivity index (χ0) is 25.5. The van der Waals surface area contributed by atoms with Crippen molar-refractivity contribution >= 4 is 39.6 Å². The molecule has 1 aromatic heterocycles. The van der Waals surface area contributed by atoms with Gasteiger partial charge in [-0.15, -0.1) is 0 Å². The number of benzene rings is 3. The second kappa shape index (κ2) is 11.7. The number of hydrogen-bond acceptors (Lipinski definition) is 7. The molecule has 4 aromatic rings. The highest BCUT2D eigenvalue weighted by atomic mass is 35.5. The van der Waals surface area contributed by atoms with Crippen LogP contribution in [0.1, 0.15) is 12.0 Å². The summed E-state index contributed by atoms with van der Waals surface area (Å²) in [6, 6.07) is 20.7. The van der Waals surface area contributed by atoms with Crippen molar-refractivity contribution in [3.8, 4) is 11.5 Å². The Hall–Kier alpha value is -3.88. The first-order chi connectivity index (χ1) is 17.4. The molecule has 0 unspecified atom stereocenters. The number of nitrogens with one attached hydrogen (secondary N) is 1. The van der Waals surface area contributed by atoms with Crippen LogP contribution in [-0.2, 0) is 6.54 Å². The van der Waals surface area contributed by atoms with Crippen LogP contribution in [0.3, 0.4) is 0 Å². The maximum atomic E-state index is 11.7. The van der Waals surface area contributed by atoms with Gasteiger partial charge in [-0.1, -0.05) is 48.0 Å². The average Bonchev–Trinajstić information content (AvgIpc) is 2.86. The van der Waals surface area contributed by atoms with E-state index in [1.807, 2.05) is 18.2 Å². The van der Waals surface area contributed by atoms with Gasteiger partial charge in [-0.2, -0.15) is 0 Å². The lowest BCUT2D eigenvalue weighted by atomic mass is 10.1. The fourth-order valence-electron chi connectivity index (χ4n) is 3.93. The van der Waals surface area contributed by atoms with Crippen LogP contribution in [0.15, 0.2) is 72.9 Å². The Morgan fingerprint density at radius 2 is 1.89 bits per heavy atom. The first-order valence-corrected chi connectivity index (χ1v) is 11.9. The smallest absolute Gasteiger partial charge is 0.311 e. The lowest BCUT2D eigenvalue weighted by Crippen LogP contribution is -2.20. The number of halogens is 1. The van der Waals surface area contributed by atoms with Crippen LogP contribution in [0.2, 0.25) is 5.02 Å². The summed E-state index contributed by atoms with van der Waals surface area (Å²) in [6.07, 6.45) is 2.06.